The molecule has 1 aromatic carbocycles. The van der Waals surface area contributed by atoms with Crippen molar-refractivity contribution in [2.24, 2.45) is 16.6 Å². The summed E-state index contributed by atoms with van der Waals surface area (Å²) in [6, 6.07) is 5.52. The smallest absolute Gasteiger partial charge is 0.326 e. The van der Waals surface area contributed by atoms with Crippen LogP contribution in [0.2, 0.25) is 0 Å². The van der Waals surface area contributed by atoms with Crippen molar-refractivity contribution in [2.45, 2.75) is 33.1 Å². The second-order valence-electron chi connectivity index (χ2n) is 5.37. The van der Waals surface area contributed by atoms with Crippen LogP contribution in [0.5, 0.6) is 0 Å². The van der Waals surface area contributed by atoms with Gasteiger partial charge in [0.15, 0.2) is 5.96 Å². The van der Waals surface area contributed by atoms with Crippen LogP contribution in [0, 0.1) is 19.8 Å². The largest absolute Gasteiger partial charge is 0.370 e. The quantitative estimate of drug-likeness (QED) is 0.593. The summed E-state index contributed by atoms with van der Waals surface area (Å²) in [7, 11) is 0. The highest BCUT2D eigenvalue weighted by atomic mass is 35.5. The number of nitrogens with one attached hydrogen (secondary N) is 2. The van der Waals surface area contributed by atoms with Gasteiger partial charge in [0.25, 0.3) is 0 Å². The molecule has 0 aliphatic heterocycles. The van der Waals surface area contributed by atoms with Crippen LogP contribution < -0.4 is 16.4 Å². The first-order chi connectivity index (χ1) is 9.56. The van der Waals surface area contributed by atoms with Crippen LogP contribution in [0.15, 0.2) is 23.2 Å². The predicted molar refractivity (Wildman–Crippen MR) is 89.1 cm³/mol. The van der Waals surface area contributed by atoms with Crippen LogP contribution in [0.4, 0.5) is 10.5 Å². The molecule has 5 nitrogen and oxygen atoms in total. The standard InChI is InChI=1S/C15H22N4O.ClH/c1-10-5-3-6-11(2)13(10)18-15(20)19-14(16)17-9-12-7-4-8-12;/h3,5-6,12H,4,7-9H2,1-2H3,(H4,16,17,18,19,20);1H. The second kappa shape index (κ2) is 7.88. The molecule has 2 rings (SSSR count). The molecule has 1 aromatic rings. The van der Waals surface area contributed by atoms with Crippen molar-refractivity contribution in [3.8, 4) is 0 Å². The lowest BCUT2D eigenvalue weighted by Crippen LogP contribution is -2.40. The number of para-hydroxylation sites is 1. The van der Waals surface area contributed by atoms with E-state index in [9.17, 15) is 4.79 Å². The summed E-state index contributed by atoms with van der Waals surface area (Å²) in [5.74, 6) is 0.817. The lowest BCUT2D eigenvalue weighted by atomic mass is 9.86. The molecule has 6 heteroatoms. The van der Waals surface area contributed by atoms with Gasteiger partial charge in [0.1, 0.15) is 0 Å². The molecular formula is C15H23ClN4O. The fourth-order valence-electron chi connectivity index (χ4n) is 2.22. The molecule has 0 aromatic heterocycles. The molecule has 21 heavy (non-hydrogen) atoms. The van der Waals surface area contributed by atoms with Gasteiger partial charge in [-0.2, -0.15) is 0 Å². The fraction of sp³-hybridized carbons (Fsp3) is 0.467. The number of urea groups is 1. The molecule has 2 amide bonds. The minimum Gasteiger partial charge on any atom is -0.370 e. The van der Waals surface area contributed by atoms with E-state index in [1.807, 2.05) is 32.0 Å². The summed E-state index contributed by atoms with van der Waals surface area (Å²) in [5.41, 5.74) is 8.56. The minimum absolute atomic E-state index is 0. The third-order valence-electron chi connectivity index (χ3n) is 3.71. The van der Waals surface area contributed by atoms with Crippen molar-refractivity contribution in [2.75, 3.05) is 11.9 Å². The van der Waals surface area contributed by atoms with E-state index in [0.717, 1.165) is 16.8 Å². The monoisotopic (exact) mass is 310 g/mol. The summed E-state index contributed by atoms with van der Waals surface area (Å²) in [6.07, 6.45) is 3.71. The average molecular weight is 311 g/mol. The number of rotatable bonds is 3. The van der Waals surface area contributed by atoms with Gasteiger partial charge in [-0.25, -0.2) is 4.79 Å². The molecule has 1 aliphatic rings. The third-order valence-corrected chi connectivity index (χ3v) is 3.71. The fourth-order valence-corrected chi connectivity index (χ4v) is 2.22. The Labute approximate surface area is 131 Å². The van der Waals surface area contributed by atoms with Crippen molar-refractivity contribution in [3.63, 3.8) is 0 Å². The maximum atomic E-state index is 11.9. The van der Waals surface area contributed by atoms with Gasteiger partial charge in [-0.15, -0.1) is 12.4 Å². The Kier molecular flexibility index (Phi) is 6.49. The van der Waals surface area contributed by atoms with Crippen LogP contribution in [0.3, 0.4) is 0 Å². The predicted octanol–water partition coefficient (Wildman–Crippen LogP) is 2.96. The van der Waals surface area contributed by atoms with Gasteiger partial charge in [-0.05, 0) is 43.7 Å². The highest BCUT2D eigenvalue weighted by Crippen LogP contribution is 2.26. The summed E-state index contributed by atoms with van der Waals surface area (Å²) in [6.45, 7) is 4.61. The minimum atomic E-state index is -0.350. The number of carbonyl (C=O) groups is 1. The summed E-state index contributed by atoms with van der Waals surface area (Å²) in [4.78, 5) is 16.1. The van der Waals surface area contributed by atoms with Gasteiger partial charge >= 0.3 is 6.03 Å². The first-order valence-electron chi connectivity index (χ1n) is 7.00. The molecule has 1 aliphatic carbocycles. The molecule has 0 radical (unpaired) electrons. The summed E-state index contributed by atoms with van der Waals surface area (Å²) in [5, 5.41) is 5.38. The molecule has 116 valence electrons. The number of hydrogen-bond acceptors (Lipinski definition) is 2. The van der Waals surface area contributed by atoms with E-state index >= 15 is 0 Å². The van der Waals surface area contributed by atoms with Crippen LogP contribution in [-0.2, 0) is 0 Å². The van der Waals surface area contributed by atoms with Gasteiger partial charge in [-0.1, -0.05) is 24.6 Å². The second-order valence-corrected chi connectivity index (χ2v) is 5.37. The zero-order chi connectivity index (χ0) is 14.5. The maximum absolute atomic E-state index is 11.9. The Hall–Kier alpha value is -1.75. The van der Waals surface area contributed by atoms with E-state index < -0.39 is 0 Å². The van der Waals surface area contributed by atoms with Crippen molar-refractivity contribution < 1.29 is 4.79 Å². The molecule has 0 spiro atoms. The Bertz CT molecular complexity index is 506. The maximum Gasteiger partial charge on any atom is 0.326 e. The molecule has 1 fully saturated rings. The van der Waals surface area contributed by atoms with Crippen molar-refractivity contribution >= 4 is 30.1 Å². The number of aryl methyl sites for hydroxylation is 2. The van der Waals surface area contributed by atoms with E-state index in [4.69, 9.17) is 5.73 Å². The highest BCUT2D eigenvalue weighted by molar-refractivity contribution is 6.02. The molecule has 0 unspecified atom stereocenters. The zero-order valence-electron chi connectivity index (χ0n) is 12.5. The molecule has 0 heterocycles. The van der Waals surface area contributed by atoms with Crippen LogP contribution in [-0.4, -0.2) is 18.5 Å². The van der Waals surface area contributed by atoms with Gasteiger partial charge in [0.05, 0.1) is 0 Å². The van der Waals surface area contributed by atoms with E-state index in [2.05, 4.69) is 15.6 Å². The van der Waals surface area contributed by atoms with Crippen LogP contribution >= 0.6 is 12.4 Å². The number of carbonyl (C=O) groups excluding carboxylic acids is 1. The number of aliphatic imine (C=N–C) groups is 1. The number of benzene rings is 1. The lowest BCUT2D eigenvalue weighted by Gasteiger charge is -2.23. The lowest BCUT2D eigenvalue weighted by molar-refractivity contribution is 0.256. The number of nitrogens with zero attached hydrogens (tertiary/aromatic N) is 1. The van der Waals surface area contributed by atoms with E-state index in [0.29, 0.717) is 12.5 Å². The Morgan fingerprint density at radius 1 is 1.33 bits per heavy atom. The van der Waals surface area contributed by atoms with Crippen molar-refractivity contribution in [1.29, 1.82) is 0 Å². The molecular weight excluding hydrogens is 288 g/mol. The molecule has 4 N–H and O–H groups in total. The zero-order valence-corrected chi connectivity index (χ0v) is 13.3. The highest BCUT2D eigenvalue weighted by Gasteiger charge is 2.16. The van der Waals surface area contributed by atoms with Gasteiger partial charge in [0, 0.05) is 12.2 Å². The van der Waals surface area contributed by atoms with E-state index in [-0.39, 0.29) is 24.4 Å². The SMILES string of the molecule is Cc1cccc(C)c1NC(=O)NC(N)=NCC1CCC1.Cl. The van der Waals surface area contributed by atoms with E-state index in [1.54, 1.807) is 0 Å². The first kappa shape index (κ1) is 17.3. The Morgan fingerprint density at radius 3 is 2.48 bits per heavy atom. The van der Waals surface area contributed by atoms with Gasteiger partial charge in [0.2, 0.25) is 0 Å². The number of halogens is 1. The molecule has 0 saturated heterocycles. The van der Waals surface area contributed by atoms with E-state index in [1.165, 1.54) is 19.3 Å². The number of nitrogens with two attached hydrogens (primary N) is 1. The number of guanidine groups is 1. The van der Waals surface area contributed by atoms with Crippen molar-refractivity contribution in [3.05, 3.63) is 29.3 Å². The normalized spacial score (nSPS) is 14.9. The Morgan fingerprint density at radius 2 is 1.95 bits per heavy atom. The third kappa shape index (κ3) is 4.93. The Balaban J connectivity index is 0.00000220. The van der Waals surface area contributed by atoms with Gasteiger partial charge < -0.3 is 11.1 Å². The molecule has 0 atom stereocenters. The average Bonchev–Trinajstić information content (AvgIpc) is 2.32. The summed E-state index contributed by atoms with van der Waals surface area (Å²) >= 11 is 0. The summed E-state index contributed by atoms with van der Waals surface area (Å²) < 4.78 is 0. The number of hydrogen-bond donors (Lipinski definition) is 3. The van der Waals surface area contributed by atoms with Crippen LogP contribution in [0.1, 0.15) is 30.4 Å². The number of anilines is 1. The van der Waals surface area contributed by atoms with Crippen molar-refractivity contribution in [1.82, 2.24) is 5.32 Å². The number of amides is 2. The molecule has 1 saturated carbocycles. The topological polar surface area (TPSA) is 79.5 Å². The first-order valence-corrected chi connectivity index (χ1v) is 7.00. The van der Waals surface area contributed by atoms with Gasteiger partial charge in [-0.3, -0.25) is 10.3 Å². The molecule has 0 bridgehead atoms. The van der Waals surface area contributed by atoms with Crippen LogP contribution in [0.25, 0.3) is 0 Å².